The summed E-state index contributed by atoms with van der Waals surface area (Å²) < 4.78 is 4.72. The van der Waals surface area contributed by atoms with Crippen LogP contribution in [0.25, 0.3) is 0 Å². The molecule has 5 nitrogen and oxygen atoms in total. The van der Waals surface area contributed by atoms with Crippen molar-refractivity contribution in [2.45, 2.75) is 25.8 Å². The van der Waals surface area contributed by atoms with Gasteiger partial charge in [-0.05, 0) is 6.42 Å². The fourth-order valence-electron chi connectivity index (χ4n) is 0.765. The SMILES string of the molecule is CCC[C@H](N)C(=O)NOCCOC. The number of carbonyl (C=O) groups excluding carboxylic acids is 1. The summed E-state index contributed by atoms with van der Waals surface area (Å²) in [5.74, 6) is -0.280. The van der Waals surface area contributed by atoms with Gasteiger partial charge in [0, 0.05) is 7.11 Å². The van der Waals surface area contributed by atoms with Crippen molar-refractivity contribution in [1.82, 2.24) is 5.48 Å². The molecule has 0 aliphatic rings. The zero-order valence-corrected chi connectivity index (χ0v) is 8.21. The maximum absolute atomic E-state index is 11.1. The van der Waals surface area contributed by atoms with Crippen molar-refractivity contribution in [2.24, 2.45) is 5.73 Å². The van der Waals surface area contributed by atoms with Crippen molar-refractivity contribution in [3.63, 3.8) is 0 Å². The highest BCUT2D eigenvalue weighted by molar-refractivity contribution is 5.80. The summed E-state index contributed by atoms with van der Waals surface area (Å²) in [5.41, 5.74) is 7.78. The summed E-state index contributed by atoms with van der Waals surface area (Å²) in [6.07, 6.45) is 1.55. The topological polar surface area (TPSA) is 73.6 Å². The summed E-state index contributed by atoms with van der Waals surface area (Å²) in [6, 6.07) is -0.479. The molecule has 0 aromatic carbocycles. The first-order chi connectivity index (χ1) is 6.22. The van der Waals surface area contributed by atoms with Gasteiger partial charge < -0.3 is 10.5 Å². The lowest BCUT2D eigenvalue weighted by molar-refractivity contribution is -0.136. The molecule has 1 atom stereocenters. The van der Waals surface area contributed by atoms with Crippen LogP contribution < -0.4 is 11.2 Å². The van der Waals surface area contributed by atoms with Gasteiger partial charge in [-0.2, -0.15) is 0 Å². The number of hydroxylamine groups is 1. The van der Waals surface area contributed by atoms with Gasteiger partial charge in [0.25, 0.3) is 5.91 Å². The van der Waals surface area contributed by atoms with Crippen LogP contribution in [0.5, 0.6) is 0 Å². The van der Waals surface area contributed by atoms with E-state index in [9.17, 15) is 4.79 Å². The lowest BCUT2D eigenvalue weighted by Crippen LogP contribution is -2.40. The number of hydrogen-bond acceptors (Lipinski definition) is 4. The minimum Gasteiger partial charge on any atom is -0.382 e. The fourth-order valence-corrected chi connectivity index (χ4v) is 0.765. The van der Waals surface area contributed by atoms with Crippen LogP contribution in [0.15, 0.2) is 0 Å². The van der Waals surface area contributed by atoms with Crippen molar-refractivity contribution in [3.8, 4) is 0 Å². The standard InChI is InChI=1S/C8H18N2O3/c1-3-4-7(9)8(11)10-13-6-5-12-2/h7H,3-6,9H2,1-2H3,(H,10,11)/t7-/m0/s1. The number of hydrogen-bond donors (Lipinski definition) is 2. The molecule has 0 fully saturated rings. The normalized spacial score (nSPS) is 12.5. The van der Waals surface area contributed by atoms with Crippen LogP contribution in [0, 0.1) is 0 Å². The molecular weight excluding hydrogens is 172 g/mol. The number of nitrogens with two attached hydrogens (primary N) is 1. The highest BCUT2D eigenvalue weighted by atomic mass is 16.7. The predicted octanol–water partition coefficient (Wildman–Crippen LogP) is -0.192. The third-order valence-electron chi connectivity index (χ3n) is 1.50. The van der Waals surface area contributed by atoms with Crippen LogP contribution in [-0.4, -0.2) is 32.3 Å². The Bertz CT molecular complexity index is 141. The van der Waals surface area contributed by atoms with Crippen molar-refractivity contribution in [2.75, 3.05) is 20.3 Å². The molecule has 1 amide bonds. The number of ether oxygens (including phenoxy) is 1. The van der Waals surface area contributed by atoms with E-state index in [0.717, 1.165) is 6.42 Å². The average Bonchev–Trinajstić information content (AvgIpc) is 2.12. The van der Waals surface area contributed by atoms with Crippen LogP contribution in [-0.2, 0) is 14.4 Å². The molecule has 0 heterocycles. The maximum Gasteiger partial charge on any atom is 0.260 e. The Hall–Kier alpha value is -0.650. The third kappa shape index (κ3) is 6.51. The second-order valence-corrected chi connectivity index (χ2v) is 2.70. The van der Waals surface area contributed by atoms with E-state index in [0.29, 0.717) is 19.6 Å². The van der Waals surface area contributed by atoms with E-state index in [1.54, 1.807) is 7.11 Å². The molecule has 78 valence electrons. The Labute approximate surface area is 78.5 Å². The van der Waals surface area contributed by atoms with E-state index in [1.165, 1.54) is 0 Å². The van der Waals surface area contributed by atoms with Crippen LogP contribution in [0.4, 0.5) is 0 Å². The zero-order chi connectivity index (χ0) is 10.1. The molecule has 0 radical (unpaired) electrons. The van der Waals surface area contributed by atoms with Crippen molar-refractivity contribution in [1.29, 1.82) is 0 Å². The largest absolute Gasteiger partial charge is 0.382 e. The molecule has 13 heavy (non-hydrogen) atoms. The Balaban J connectivity index is 3.38. The first-order valence-corrected chi connectivity index (χ1v) is 4.38. The van der Waals surface area contributed by atoms with Gasteiger partial charge in [-0.3, -0.25) is 9.63 Å². The minimum absolute atomic E-state index is 0.280. The van der Waals surface area contributed by atoms with Gasteiger partial charge >= 0.3 is 0 Å². The van der Waals surface area contributed by atoms with Gasteiger partial charge in [-0.25, -0.2) is 5.48 Å². The second kappa shape index (κ2) is 7.97. The summed E-state index contributed by atoms with van der Waals surface area (Å²) in [6.45, 7) is 2.75. The van der Waals surface area contributed by atoms with Gasteiger partial charge in [-0.15, -0.1) is 0 Å². The fraction of sp³-hybridized carbons (Fsp3) is 0.875. The van der Waals surface area contributed by atoms with E-state index < -0.39 is 6.04 Å². The Kier molecular flexibility index (Phi) is 7.57. The van der Waals surface area contributed by atoms with Crippen LogP contribution in [0.1, 0.15) is 19.8 Å². The molecular formula is C8H18N2O3. The Morgan fingerprint density at radius 2 is 2.23 bits per heavy atom. The summed E-state index contributed by atoms with van der Waals surface area (Å²) in [5, 5.41) is 0. The Morgan fingerprint density at radius 1 is 1.54 bits per heavy atom. The monoisotopic (exact) mass is 190 g/mol. The third-order valence-corrected chi connectivity index (χ3v) is 1.50. The molecule has 0 rings (SSSR count). The molecule has 0 aromatic heterocycles. The van der Waals surface area contributed by atoms with Crippen molar-refractivity contribution in [3.05, 3.63) is 0 Å². The van der Waals surface area contributed by atoms with E-state index >= 15 is 0 Å². The quantitative estimate of drug-likeness (QED) is 0.431. The van der Waals surface area contributed by atoms with Gasteiger partial charge in [-0.1, -0.05) is 13.3 Å². The number of amides is 1. The minimum atomic E-state index is -0.479. The molecule has 3 N–H and O–H groups in total. The number of rotatable bonds is 7. The molecule has 0 unspecified atom stereocenters. The molecule has 5 heteroatoms. The van der Waals surface area contributed by atoms with E-state index in [-0.39, 0.29) is 5.91 Å². The lowest BCUT2D eigenvalue weighted by Gasteiger charge is -2.10. The van der Waals surface area contributed by atoms with Crippen LogP contribution in [0.2, 0.25) is 0 Å². The summed E-state index contributed by atoms with van der Waals surface area (Å²) >= 11 is 0. The first kappa shape index (κ1) is 12.3. The molecule has 0 aromatic rings. The molecule has 0 saturated carbocycles. The summed E-state index contributed by atoms with van der Waals surface area (Å²) in [7, 11) is 1.56. The highest BCUT2D eigenvalue weighted by Crippen LogP contribution is 1.92. The highest BCUT2D eigenvalue weighted by Gasteiger charge is 2.11. The molecule has 0 bridgehead atoms. The van der Waals surface area contributed by atoms with E-state index in [4.69, 9.17) is 15.3 Å². The molecule has 0 spiro atoms. The Morgan fingerprint density at radius 3 is 2.77 bits per heavy atom. The predicted molar refractivity (Wildman–Crippen MR) is 48.9 cm³/mol. The molecule has 0 aliphatic heterocycles. The van der Waals surface area contributed by atoms with Crippen molar-refractivity contribution < 1.29 is 14.4 Å². The number of methoxy groups -OCH3 is 1. The number of carbonyl (C=O) groups is 1. The van der Waals surface area contributed by atoms with Crippen LogP contribution in [0.3, 0.4) is 0 Å². The maximum atomic E-state index is 11.1. The van der Waals surface area contributed by atoms with Crippen molar-refractivity contribution >= 4 is 5.91 Å². The van der Waals surface area contributed by atoms with Gasteiger partial charge in [0.05, 0.1) is 19.3 Å². The number of nitrogens with one attached hydrogen (secondary N) is 1. The zero-order valence-electron chi connectivity index (χ0n) is 8.21. The second-order valence-electron chi connectivity index (χ2n) is 2.70. The molecule has 0 aliphatic carbocycles. The van der Waals surface area contributed by atoms with E-state index in [1.807, 2.05) is 6.92 Å². The van der Waals surface area contributed by atoms with Gasteiger partial charge in [0.2, 0.25) is 0 Å². The molecule has 0 saturated heterocycles. The first-order valence-electron chi connectivity index (χ1n) is 4.38. The van der Waals surface area contributed by atoms with Crippen LogP contribution >= 0.6 is 0 Å². The lowest BCUT2D eigenvalue weighted by atomic mass is 10.2. The van der Waals surface area contributed by atoms with Gasteiger partial charge in [0.1, 0.15) is 0 Å². The smallest absolute Gasteiger partial charge is 0.260 e. The summed E-state index contributed by atoms with van der Waals surface area (Å²) in [4.78, 5) is 15.9. The van der Waals surface area contributed by atoms with Gasteiger partial charge in [0.15, 0.2) is 0 Å². The van der Waals surface area contributed by atoms with E-state index in [2.05, 4.69) is 5.48 Å². The average molecular weight is 190 g/mol.